The van der Waals surface area contributed by atoms with Crippen molar-refractivity contribution in [1.29, 1.82) is 0 Å². The fraction of sp³-hybridized carbons (Fsp3) is 0.343. The van der Waals surface area contributed by atoms with Crippen LogP contribution in [0.4, 0.5) is 0 Å². The minimum atomic E-state index is -2.02. The number of rotatable bonds is 18. The minimum absolute atomic E-state index is 0. The van der Waals surface area contributed by atoms with Crippen LogP contribution < -0.4 is 48.8 Å². The third-order valence-corrected chi connectivity index (χ3v) is 12.6. The third-order valence-electron chi connectivity index (χ3n) is 7.69. The molecule has 48 heavy (non-hydrogen) atoms. The Bertz CT molecular complexity index is 1370. The number of carbonyl (C=O) groups is 5. The molecule has 13 heteroatoms. The van der Waals surface area contributed by atoms with Gasteiger partial charge in [-0.1, -0.05) is 54.6 Å². The third kappa shape index (κ3) is 11.8. The summed E-state index contributed by atoms with van der Waals surface area (Å²) in [6, 6.07) is 29.5. The first-order chi connectivity index (χ1) is 22.7. The average Bonchev–Trinajstić information content (AvgIpc) is 3.12. The summed E-state index contributed by atoms with van der Waals surface area (Å²) in [5.41, 5.74) is 0. The molecule has 2 atom stereocenters. The monoisotopic (exact) mass is 759 g/mol. The van der Waals surface area contributed by atoms with E-state index in [2.05, 4.69) is 106 Å². The summed E-state index contributed by atoms with van der Waals surface area (Å²) in [7, 11) is 0.382. The standard InChI is InChI=1S/C35H42N3O7PS.BrH/c1-44-33(41)24-36-34(42)30(25-47)38-32(40)22-21-29(35(43)45-2)37-31(39)20-12-13-23-46(26-14-6-3-7-15-26,27-16-8-4-9-17-27)28-18-10-5-11-19-28;/h3-11,14-19,29-30H,12-13,20-25H2,1-2H3,(H3-,36,37,38,39,40,42,47);1H. The number of carbonyl (C=O) groups excluding carboxylic acids is 5. The first kappa shape index (κ1) is 40.4. The van der Waals surface area contributed by atoms with Gasteiger partial charge in [0.2, 0.25) is 17.7 Å². The zero-order valence-corrected chi connectivity index (χ0v) is 30.5. The molecule has 0 aliphatic rings. The molecule has 0 fully saturated rings. The lowest BCUT2D eigenvalue weighted by molar-refractivity contribution is -0.145. The molecule has 2 unspecified atom stereocenters. The van der Waals surface area contributed by atoms with Crippen molar-refractivity contribution < 1.29 is 50.4 Å². The summed E-state index contributed by atoms with van der Waals surface area (Å²) < 4.78 is 9.36. The zero-order chi connectivity index (χ0) is 34.1. The first-order valence-electron chi connectivity index (χ1n) is 15.4. The number of thiol groups is 1. The van der Waals surface area contributed by atoms with E-state index in [0.717, 1.165) is 12.6 Å². The summed E-state index contributed by atoms with van der Waals surface area (Å²) in [4.78, 5) is 61.6. The highest BCUT2D eigenvalue weighted by Crippen LogP contribution is 2.55. The molecule has 258 valence electrons. The van der Waals surface area contributed by atoms with E-state index in [-0.39, 0.29) is 54.4 Å². The molecule has 0 aliphatic carbocycles. The summed E-state index contributed by atoms with van der Waals surface area (Å²) in [6.07, 6.45) is 2.23. The molecule has 0 aliphatic heterocycles. The summed E-state index contributed by atoms with van der Waals surface area (Å²) in [5.74, 6) is -2.77. The van der Waals surface area contributed by atoms with Gasteiger partial charge >= 0.3 is 11.9 Å². The Morgan fingerprint density at radius 3 is 1.62 bits per heavy atom. The van der Waals surface area contributed by atoms with E-state index in [1.807, 2.05) is 18.2 Å². The van der Waals surface area contributed by atoms with Crippen LogP contribution in [0.2, 0.25) is 0 Å². The van der Waals surface area contributed by atoms with E-state index in [0.29, 0.717) is 6.42 Å². The van der Waals surface area contributed by atoms with Crippen LogP contribution in [0.15, 0.2) is 91.0 Å². The van der Waals surface area contributed by atoms with Gasteiger partial charge in [-0.25, -0.2) is 4.79 Å². The SMILES string of the molecule is COC(=O)CNC(=O)C(CS)NC(=O)CCC(NC(=O)CCCC[P+](c1ccccc1)(c1ccccc1)c1ccccc1)C(=O)OC.[Br-]. The lowest BCUT2D eigenvalue weighted by Gasteiger charge is -2.27. The molecule has 3 rings (SSSR count). The highest BCUT2D eigenvalue weighted by Gasteiger charge is 2.44. The van der Waals surface area contributed by atoms with Crippen LogP contribution in [0, 0.1) is 0 Å². The van der Waals surface area contributed by atoms with Gasteiger partial charge in [-0.3, -0.25) is 19.2 Å². The van der Waals surface area contributed by atoms with E-state index in [4.69, 9.17) is 4.74 Å². The molecule has 3 N–H and O–H groups in total. The van der Waals surface area contributed by atoms with Crippen LogP contribution in [-0.4, -0.2) is 74.4 Å². The molecule has 0 saturated carbocycles. The number of halogens is 1. The van der Waals surface area contributed by atoms with Crippen molar-refractivity contribution in [3.63, 3.8) is 0 Å². The van der Waals surface area contributed by atoms with E-state index >= 15 is 0 Å². The number of ether oxygens (including phenoxy) is 2. The zero-order valence-electron chi connectivity index (χ0n) is 27.1. The largest absolute Gasteiger partial charge is 1.00 e. The molecule has 0 spiro atoms. The second kappa shape index (κ2) is 21.3. The second-order valence-electron chi connectivity index (χ2n) is 10.8. The Labute approximate surface area is 298 Å². The highest BCUT2D eigenvalue weighted by atomic mass is 79.9. The van der Waals surface area contributed by atoms with Gasteiger partial charge < -0.3 is 42.4 Å². The lowest BCUT2D eigenvalue weighted by Crippen LogP contribution is -3.00. The fourth-order valence-corrected chi connectivity index (χ4v) is 9.93. The van der Waals surface area contributed by atoms with Gasteiger partial charge in [0.25, 0.3) is 0 Å². The first-order valence-corrected chi connectivity index (χ1v) is 18.0. The predicted octanol–water partition coefficient (Wildman–Crippen LogP) is -0.703. The van der Waals surface area contributed by atoms with Gasteiger partial charge in [0.15, 0.2) is 0 Å². The predicted molar refractivity (Wildman–Crippen MR) is 188 cm³/mol. The molecule has 0 aromatic heterocycles. The van der Waals surface area contributed by atoms with Gasteiger partial charge in [-0.15, -0.1) is 0 Å². The number of amides is 3. The maximum atomic E-state index is 13.0. The van der Waals surface area contributed by atoms with Crippen molar-refractivity contribution in [2.45, 2.75) is 44.2 Å². The quantitative estimate of drug-likeness (QED) is 0.0583. The molecular weight excluding hydrogens is 717 g/mol. The van der Waals surface area contributed by atoms with E-state index in [1.165, 1.54) is 30.1 Å². The van der Waals surface area contributed by atoms with Gasteiger partial charge in [-0.05, 0) is 55.7 Å². The van der Waals surface area contributed by atoms with Crippen molar-refractivity contribution in [3.05, 3.63) is 91.0 Å². The topological polar surface area (TPSA) is 140 Å². The number of methoxy groups -OCH3 is 2. The number of hydrogen-bond acceptors (Lipinski definition) is 8. The molecular formula is C35H43BrN3O7PS. The molecule has 0 bridgehead atoms. The maximum absolute atomic E-state index is 13.0. The summed E-state index contributed by atoms with van der Waals surface area (Å²) >= 11 is 4.10. The van der Waals surface area contributed by atoms with Gasteiger partial charge in [0.05, 0.1) is 20.4 Å². The van der Waals surface area contributed by atoms with Crippen molar-refractivity contribution >= 4 is 65.5 Å². The van der Waals surface area contributed by atoms with Crippen LogP contribution >= 0.6 is 19.9 Å². The van der Waals surface area contributed by atoms with Crippen LogP contribution in [0.1, 0.15) is 32.1 Å². The van der Waals surface area contributed by atoms with Gasteiger partial charge in [-0.2, -0.15) is 12.6 Å². The smallest absolute Gasteiger partial charge is 0.328 e. The molecule has 0 saturated heterocycles. The molecule has 3 aromatic rings. The van der Waals surface area contributed by atoms with Gasteiger partial charge in [0.1, 0.15) is 41.8 Å². The van der Waals surface area contributed by atoms with Crippen LogP contribution in [0.3, 0.4) is 0 Å². The van der Waals surface area contributed by atoms with Crippen molar-refractivity contribution in [1.82, 2.24) is 16.0 Å². The Balaban J connectivity index is 0.00000800. The number of unbranched alkanes of at least 4 members (excludes halogenated alkanes) is 1. The second-order valence-corrected chi connectivity index (χ2v) is 14.8. The van der Waals surface area contributed by atoms with Crippen LogP contribution in [-0.2, 0) is 33.4 Å². The molecule has 0 radical (unpaired) electrons. The van der Waals surface area contributed by atoms with E-state index in [1.54, 1.807) is 0 Å². The van der Waals surface area contributed by atoms with Crippen LogP contribution in [0.25, 0.3) is 0 Å². The van der Waals surface area contributed by atoms with Crippen molar-refractivity contribution in [2.75, 3.05) is 32.7 Å². The Morgan fingerprint density at radius 2 is 1.17 bits per heavy atom. The van der Waals surface area contributed by atoms with E-state index in [9.17, 15) is 24.0 Å². The lowest BCUT2D eigenvalue weighted by atomic mass is 10.1. The number of nitrogens with one attached hydrogen (secondary N) is 3. The summed E-state index contributed by atoms with van der Waals surface area (Å²) in [5, 5.41) is 11.4. The van der Waals surface area contributed by atoms with Crippen molar-refractivity contribution in [2.24, 2.45) is 0 Å². The Hall–Kier alpha value is -3.73. The number of hydrogen-bond donors (Lipinski definition) is 4. The molecule has 3 amide bonds. The highest BCUT2D eigenvalue weighted by molar-refractivity contribution is 7.95. The van der Waals surface area contributed by atoms with E-state index < -0.39 is 43.1 Å². The molecule has 10 nitrogen and oxygen atoms in total. The number of esters is 2. The average molecular weight is 761 g/mol. The molecule has 3 aromatic carbocycles. The minimum Gasteiger partial charge on any atom is -1.00 e. The maximum Gasteiger partial charge on any atom is 0.328 e. The number of benzene rings is 3. The normalized spacial score (nSPS) is 12.0. The van der Waals surface area contributed by atoms with Crippen molar-refractivity contribution in [3.8, 4) is 0 Å². The fourth-order valence-electron chi connectivity index (χ4n) is 5.26. The van der Waals surface area contributed by atoms with Gasteiger partial charge in [0, 0.05) is 18.6 Å². The Morgan fingerprint density at radius 1 is 0.688 bits per heavy atom. The molecule has 0 heterocycles. The van der Waals surface area contributed by atoms with Crippen LogP contribution in [0.5, 0.6) is 0 Å². The summed E-state index contributed by atoms with van der Waals surface area (Å²) in [6.45, 7) is -0.348. The Kier molecular flexibility index (Phi) is 17.9.